The van der Waals surface area contributed by atoms with Crippen LogP contribution in [0, 0.1) is 5.92 Å². The summed E-state index contributed by atoms with van der Waals surface area (Å²) >= 11 is 3.34. The molecule has 0 aromatic heterocycles. The molecule has 0 unspecified atom stereocenters. The molecule has 4 heteroatoms. The molecule has 16 heavy (non-hydrogen) atoms. The minimum atomic E-state index is -0.241. The summed E-state index contributed by atoms with van der Waals surface area (Å²) in [5, 5.41) is 5.36. The highest BCUT2D eigenvalue weighted by molar-refractivity contribution is 9.10. The number of halogens is 1. The summed E-state index contributed by atoms with van der Waals surface area (Å²) in [7, 11) is 0. The van der Waals surface area contributed by atoms with Crippen molar-refractivity contribution in [2.24, 2.45) is 5.92 Å². The minimum Gasteiger partial charge on any atom is -0.315 e. The summed E-state index contributed by atoms with van der Waals surface area (Å²) < 4.78 is 0.933. The summed E-state index contributed by atoms with van der Waals surface area (Å²) in [6.07, 6.45) is 3.57. The van der Waals surface area contributed by atoms with Crippen molar-refractivity contribution in [1.29, 1.82) is 0 Å². The number of amides is 2. The Labute approximate surface area is 104 Å². The Hall–Kier alpha value is -1.29. The number of anilines is 1. The van der Waals surface area contributed by atoms with E-state index < -0.39 is 0 Å². The molecule has 1 rings (SSSR count). The lowest BCUT2D eigenvalue weighted by molar-refractivity contribution is 0.255. The van der Waals surface area contributed by atoms with E-state index in [2.05, 4.69) is 26.6 Å². The third kappa shape index (κ3) is 4.98. The van der Waals surface area contributed by atoms with Crippen LogP contribution in [-0.2, 0) is 0 Å². The quantitative estimate of drug-likeness (QED) is 0.871. The van der Waals surface area contributed by atoms with Crippen molar-refractivity contribution in [3.8, 4) is 0 Å². The molecule has 3 nitrogen and oxygen atoms in total. The number of nitrogens with one attached hydrogen (secondary N) is 2. The lowest BCUT2D eigenvalue weighted by atomic mass is 10.2. The monoisotopic (exact) mass is 282 g/mol. The van der Waals surface area contributed by atoms with Crippen molar-refractivity contribution in [1.82, 2.24) is 5.32 Å². The Bertz CT molecular complexity index is 388. The molecular weight excluding hydrogens is 268 g/mol. The van der Waals surface area contributed by atoms with E-state index in [1.54, 1.807) is 6.20 Å². The Kier molecular flexibility index (Phi) is 5.05. The van der Waals surface area contributed by atoms with Gasteiger partial charge in [0.05, 0.1) is 0 Å². The van der Waals surface area contributed by atoms with Gasteiger partial charge in [0, 0.05) is 16.4 Å². The van der Waals surface area contributed by atoms with Crippen LogP contribution in [0.5, 0.6) is 0 Å². The van der Waals surface area contributed by atoms with Crippen LogP contribution >= 0.6 is 15.9 Å². The van der Waals surface area contributed by atoms with Crippen LogP contribution in [0.15, 0.2) is 41.0 Å². The Balaban J connectivity index is 2.46. The second kappa shape index (κ2) is 6.33. The largest absolute Gasteiger partial charge is 0.323 e. The first-order chi connectivity index (χ1) is 7.58. The maximum absolute atomic E-state index is 11.4. The third-order valence-electron chi connectivity index (χ3n) is 1.78. The molecular formula is C12H15BrN2O. The van der Waals surface area contributed by atoms with E-state index in [1.807, 2.05) is 44.2 Å². The number of allylic oxidation sites excluding steroid dienone is 1. The maximum atomic E-state index is 11.4. The molecule has 1 aromatic carbocycles. The molecule has 86 valence electrons. The maximum Gasteiger partial charge on any atom is 0.323 e. The smallest absolute Gasteiger partial charge is 0.315 e. The molecule has 0 radical (unpaired) electrons. The van der Waals surface area contributed by atoms with E-state index in [-0.39, 0.29) is 6.03 Å². The van der Waals surface area contributed by atoms with Gasteiger partial charge in [-0.2, -0.15) is 0 Å². The summed E-state index contributed by atoms with van der Waals surface area (Å²) in [6, 6.07) is 7.20. The number of carbonyl (C=O) groups is 1. The molecule has 0 heterocycles. The number of carbonyl (C=O) groups excluding carboxylic acids is 1. The Morgan fingerprint density at radius 1 is 1.44 bits per heavy atom. The van der Waals surface area contributed by atoms with Gasteiger partial charge in [0.15, 0.2) is 0 Å². The van der Waals surface area contributed by atoms with Crippen LogP contribution in [0.25, 0.3) is 0 Å². The highest BCUT2D eigenvalue weighted by Gasteiger charge is 1.98. The van der Waals surface area contributed by atoms with Crippen molar-refractivity contribution in [2.75, 3.05) is 5.32 Å². The van der Waals surface area contributed by atoms with Gasteiger partial charge in [-0.15, -0.1) is 0 Å². The Morgan fingerprint density at radius 3 is 2.81 bits per heavy atom. The number of hydrogen-bond donors (Lipinski definition) is 2. The van der Waals surface area contributed by atoms with E-state index in [9.17, 15) is 4.79 Å². The fraction of sp³-hybridized carbons (Fsp3) is 0.250. The zero-order valence-corrected chi connectivity index (χ0v) is 10.9. The molecule has 1 aromatic rings. The van der Waals surface area contributed by atoms with Crippen molar-refractivity contribution < 1.29 is 4.79 Å². The van der Waals surface area contributed by atoms with Crippen molar-refractivity contribution in [3.63, 3.8) is 0 Å². The normalized spacial score (nSPS) is 10.8. The number of benzene rings is 1. The molecule has 0 fully saturated rings. The molecule has 2 amide bonds. The lowest BCUT2D eigenvalue weighted by Gasteiger charge is -2.04. The molecule has 0 aliphatic carbocycles. The molecule has 2 N–H and O–H groups in total. The van der Waals surface area contributed by atoms with Crippen molar-refractivity contribution >= 4 is 27.6 Å². The molecule has 0 bridgehead atoms. The summed E-state index contributed by atoms with van der Waals surface area (Å²) in [6.45, 7) is 4.09. The van der Waals surface area contributed by atoms with Crippen molar-refractivity contribution in [2.45, 2.75) is 13.8 Å². The number of urea groups is 1. The fourth-order valence-electron chi connectivity index (χ4n) is 1.05. The minimum absolute atomic E-state index is 0.241. The first kappa shape index (κ1) is 12.8. The molecule has 0 aliphatic rings. The molecule has 0 saturated heterocycles. The summed E-state index contributed by atoms with van der Waals surface area (Å²) in [4.78, 5) is 11.4. The second-order valence-electron chi connectivity index (χ2n) is 3.71. The molecule has 0 spiro atoms. The summed E-state index contributed by atoms with van der Waals surface area (Å²) in [5.41, 5.74) is 0.754. The van der Waals surface area contributed by atoms with Gasteiger partial charge in [-0.25, -0.2) is 4.79 Å². The molecule has 0 aliphatic heterocycles. The third-order valence-corrected chi connectivity index (χ3v) is 2.27. The number of rotatable bonds is 3. The zero-order valence-electron chi connectivity index (χ0n) is 9.33. The van der Waals surface area contributed by atoms with Gasteiger partial charge in [-0.05, 0) is 24.1 Å². The summed E-state index contributed by atoms with van der Waals surface area (Å²) in [5.74, 6) is 0.422. The van der Waals surface area contributed by atoms with Crippen molar-refractivity contribution in [3.05, 3.63) is 41.0 Å². The van der Waals surface area contributed by atoms with Crippen LogP contribution in [-0.4, -0.2) is 6.03 Å². The zero-order chi connectivity index (χ0) is 12.0. The SMILES string of the molecule is CC(C)/C=C/NC(=O)Nc1cccc(Br)c1. The topological polar surface area (TPSA) is 41.1 Å². The average Bonchev–Trinajstić information content (AvgIpc) is 2.16. The Morgan fingerprint density at radius 2 is 2.19 bits per heavy atom. The van der Waals surface area contributed by atoms with Gasteiger partial charge in [0.2, 0.25) is 0 Å². The van der Waals surface area contributed by atoms with E-state index in [0.717, 1.165) is 10.2 Å². The van der Waals surface area contributed by atoms with Crippen LogP contribution in [0.3, 0.4) is 0 Å². The highest BCUT2D eigenvalue weighted by atomic mass is 79.9. The van der Waals surface area contributed by atoms with Gasteiger partial charge in [0.1, 0.15) is 0 Å². The van der Waals surface area contributed by atoms with Gasteiger partial charge >= 0.3 is 6.03 Å². The first-order valence-corrected chi connectivity index (χ1v) is 5.87. The lowest BCUT2D eigenvalue weighted by Crippen LogP contribution is -2.23. The van der Waals surface area contributed by atoms with E-state index in [0.29, 0.717) is 5.92 Å². The first-order valence-electron chi connectivity index (χ1n) is 5.07. The van der Waals surface area contributed by atoms with Gasteiger partial charge in [0.25, 0.3) is 0 Å². The van der Waals surface area contributed by atoms with E-state index >= 15 is 0 Å². The highest BCUT2D eigenvalue weighted by Crippen LogP contribution is 2.15. The van der Waals surface area contributed by atoms with E-state index in [1.165, 1.54) is 0 Å². The average molecular weight is 283 g/mol. The predicted octanol–water partition coefficient (Wildman–Crippen LogP) is 3.74. The number of hydrogen-bond acceptors (Lipinski definition) is 1. The predicted molar refractivity (Wildman–Crippen MR) is 70.3 cm³/mol. The van der Waals surface area contributed by atoms with Gasteiger partial charge in [-0.3, -0.25) is 0 Å². The van der Waals surface area contributed by atoms with Crippen LogP contribution < -0.4 is 10.6 Å². The van der Waals surface area contributed by atoms with Gasteiger partial charge < -0.3 is 10.6 Å². The van der Waals surface area contributed by atoms with Crippen LogP contribution in [0.1, 0.15) is 13.8 Å². The fourth-order valence-corrected chi connectivity index (χ4v) is 1.45. The standard InChI is InChI=1S/C12H15BrN2O/c1-9(2)6-7-14-12(16)15-11-5-3-4-10(13)8-11/h3-9H,1-2H3,(H2,14,15,16)/b7-6+. The van der Waals surface area contributed by atoms with Crippen LogP contribution in [0.4, 0.5) is 10.5 Å². The van der Waals surface area contributed by atoms with Gasteiger partial charge in [-0.1, -0.05) is 41.9 Å². The van der Waals surface area contributed by atoms with E-state index in [4.69, 9.17) is 0 Å². The molecule has 0 saturated carbocycles. The second-order valence-corrected chi connectivity index (χ2v) is 4.63. The van der Waals surface area contributed by atoms with Crippen LogP contribution in [0.2, 0.25) is 0 Å². The molecule has 0 atom stereocenters.